The summed E-state index contributed by atoms with van der Waals surface area (Å²) in [5.74, 6) is -5.23. The normalized spacial score (nSPS) is 18.2. The Balaban J connectivity index is 1.55. The minimum Gasteiger partial charge on any atom is -0.390 e. The molecule has 1 aromatic carbocycles. The van der Waals surface area contributed by atoms with Gasteiger partial charge in [0.05, 0.1) is 38.9 Å². The summed E-state index contributed by atoms with van der Waals surface area (Å²) in [6.07, 6.45) is 4.07. The molecule has 3 N–H and O–H groups in total. The molecule has 0 aliphatic heterocycles. The minimum absolute atomic E-state index is 0.00212. The first-order chi connectivity index (χ1) is 19.3. The molecular weight excluding hydrogens is 556 g/mol. The topological polar surface area (TPSA) is 95.9 Å². The fraction of sp³-hybridized carbons (Fsp3) is 0.448. The van der Waals surface area contributed by atoms with E-state index in [1.165, 1.54) is 18.3 Å². The molecule has 218 valence electrons. The maximum absolute atomic E-state index is 14.7. The van der Waals surface area contributed by atoms with Gasteiger partial charge in [0.25, 0.3) is 0 Å². The number of anilines is 2. The predicted molar refractivity (Wildman–Crippen MR) is 152 cm³/mol. The molecule has 1 saturated carbocycles. The number of aromatic nitrogens is 4. The molecule has 3 aromatic heterocycles. The lowest BCUT2D eigenvalue weighted by atomic mass is 9.89. The van der Waals surface area contributed by atoms with E-state index in [1.807, 2.05) is 13.0 Å². The van der Waals surface area contributed by atoms with Crippen LogP contribution in [-0.4, -0.2) is 36.7 Å². The first-order valence-electron chi connectivity index (χ1n) is 13.4. The highest BCUT2D eigenvalue weighted by atomic mass is 32.1. The summed E-state index contributed by atoms with van der Waals surface area (Å²) in [7, 11) is 0. The standard InChI is InChI=1S/C29H32F4N6OS/c1-12-21(30)23(32)19(24(33)22(12)31)13(2)35-28-36-14(3)20(27-38-25-15(4)34-10-9-18(25)41-27)26(39-28)37-17-8-7-16(11-17)29(5,6)40/h9-10,13,16-17,40H,7-8,11H2,1-6H3,(H2,35,36,37,39)/t13-,16-,17+/m1/s1. The number of nitrogens with zero attached hydrogens (tertiary/aromatic N) is 4. The van der Waals surface area contributed by atoms with Crippen molar-refractivity contribution in [3.05, 3.63) is 58.0 Å². The fourth-order valence-electron chi connectivity index (χ4n) is 5.44. The van der Waals surface area contributed by atoms with E-state index in [4.69, 9.17) is 4.98 Å². The van der Waals surface area contributed by atoms with Gasteiger partial charge in [-0.25, -0.2) is 27.5 Å². The number of thiazole rings is 1. The summed E-state index contributed by atoms with van der Waals surface area (Å²) < 4.78 is 59.0. The molecular formula is C29H32F4N6OS. The highest BCUT2D eigenvalue weighted by molar-refractivity contribution is 7.21. The zero-order chi connectivity index (χ0) is 29.8. The Hall–Kier alpha value is -3.38. The third kappa shape index (κ3) is 5.46. The van der Waals surface area contributed by atoms with E-state index in [9.17, 15) is 22.7 Å². The molecule has 4 aromatic rings. The van der Waals surface area contributed by atoms with Crippen LogP contribution in [0.1, 0.15) is 68.6 Å². The van der Waals surface area contributed by atoms with Gasteiger partial charge in [-0.3, -0.25) is 4.98 Å². The Morgan fingerprint density at radius 2 is 1.66 bits per heavy atom. The van der Waals surface area contributed by atoms with Crippen LogP contribution in [0.25, 0.3) is 20.8 Å². The number of nitrogens with one attached hydrogen (secondary N) is 2. The lowest BCUT2D eigenvalue weighted by Gasteiger charge is -2.26. The zero-order valence-corrected chi connectivity index (χ0v) is 24.5. The molecule has 12 heteroatoms. The second-order valence-electron chi connectivity index (χ2n) is 11.3. The van der Waals surface area contributed by atoms with Crippen molar-refractivity contribution < 1.29 is 22.7 Å². The number of aliphatic hydroxyl groups is 1. The smallest absolute Gasteiger partial charge is 0.225 e. The van der Waals surface area contributed by atoms with Crippen molar-refractivity contribution in [2.75, 3.05) is 10.6 Å². The Bertz CT molecular complexity index is 1610. The summed E-state index contributed by atoms with van der Waals surface area (Å²) in [6, 6.07) is 0.690. The van der Waals surface area contributed by atoms with Gasteiger partial charge >= 0.3 is 0 Å². The predicted octanol–water partition coefficient (Wildman–Crippen LogP) is 7.15. The van der Waals surface area contributed by atoms with Crippen LogP contribution in [0.2, 0.25) is 0 Å². The van der Waals surface area contributed by atoms with E-state index >= 15 is 0 Å². The third-order valence-electron chi connectivity index (χ3n) is 7.86. The van der Waals surface area contributed by atoms with Gasteiger partial charge in [0.1, 0.15) is 16.3 Å². The van der Waals surface area contributed by atoms with Crippen molar-refractivity contribution >= 4 is 33.3 Å². The van der Waals surface area contributed by atoms with Crippen LogP contribution in [0.3, 0.4) is 0 Å². The van der Waals surface area contributed by atoms with Crippen molar-refractivity contribution in [2.45, 2.75) is 78.5 Å². The number of fused-ring (bicyclic) bond motifs is 1. The van der Waals surface area contributed by atoms with Crippen LogP contribution in [0.4, 0.5) is 29.3 Å². The maximum Gasteiger partial charge on any atom is 0.225 e. The Labute approximate surface area is 239 Å². The van der Waals surface area contributed by atoms with Crippen molar-refractivity contribution in [1.82, 2.24) is 19.9 Å². The number of benzene rings is 1. The Kier molecular flexibility index (Phi) is 7.66. The van der Waals surface area contributed by atoms with Gasteiger partial charge in [-0.1, -0.05) is 0 Å². The van der Waals surface area contributed by atoms with E-state index < -0.39 is 46.0 Å². The summed E-state index contributed by atoms with van der Waals surface area (Å²) in [6.45, 7) is 9.62. The van der Waals surface area contributed by atoms with Crippen LogP contribution in [0.15, 0.2) is 12.3 Å². The minimum atomic E-state index is -1.46. The van der Waals surface area contributed by atoms with Gasteiger partial charge in [-0.05, 0) is 72.8 Å². The lowest BCUT2D eigenvalue weighted by Crippen LogP contribution is -2.30. The SMILES string of the molecule is Cc1nc(N[C@H](C)c2c(F)c(F)c(C)c(F)c2F)nc(N[C@H]2CC[C@@H](C(C)(C)O)C2)c1-c1nc2c(C)nccc2s1. The average Bonchev–Trinajstić information content (AvgIpc) is 3.54. The van der Waals surface area contributed by atoms with E-state index in [1.54, 1.807) is 27.0 Å². The highest BCUT2D eigenvalue weighted by Crippen LogP contribution is 2.40. The van der Waals surface area contributed by atoms with Crippen LogP contribution in [-0.2, 0) is 0 Å². The van der Waals surface area contributed by atoms with Crippen molar-refractivity contribution in [3.63, 3.8) is 0 Å². The average molecular weight is 589 g/mol. The van der Waals surface area contributed by atoms with E-state index in [0.717, 1.165) is 35.7 Å². The molecule has 0 bridgehead atoms. The van der Waals surface area contributed by atoms with Gasteiger partial charge in [0.15, 0.2) is 23.3 Å². The van der Waals surface area contributed by atoms with Crippen molar-refractivity contribution in [3.8, 4) is 10.6 Å². The van der Waals surface area contributed by atoms with Crippen LogP contribution < -0.4 is 10.6 Å². The first-order valence-corrected chi connectivity index (χ1v) is 14.3. The van der Waals surface area contributed by atoms with Gasteiger partial charge in [0, 0.05) is 17.8 Å². The van der Waals surface area contributed by atoms with Gasteiger partial charge in [-0.2, -0.15) is 4.98 Å². The van der Waals surface area contributed by atoms with E-state index in [-0.39, 0.29) is 17.9 Å². The fourth-order valence-corrected chi connectivity index (χ4v) is 6.55. The largest absolute Gasteiger partial charge is 0.390 e. The maximum atomic E-state index is 14.7. The second-order valence-corrected chi connectivity index (χ2v) is 12.3. The summed E-state index contributed by atoms with van der Waals surface area (Å²) in [4.78, 5) is 18.3. The molecule has 0 unspecified atom stereocenters. The monoisotopic (exact) mass is 588 g/mol. The number of pyridine rings is 1. The molecule has 0 spiro atoms. The molecule has 1 fully saturated rings. The van der Waals surface area contributed by atoms with E-state index in [0.29, 0.717) is 28.5 Å². The summed E-state index contributed by atoms with van der Waals surface area (Å²) in [5.41, 5.74) is 0.445. The van der Waals surface area contributed by atoms with Gasteiger partial charge in [0.2, 0.25) is 5.95 Å². The van der Waals surface area contributed by atoms with Gasteiger partial charge in [-0.15, -0.1) is 11.3 Å². The number of halogens is 4. The van der Waals surface area contributed by atoms with Gasteiger partial charge < -0.3 is 15.7 Å². The summed E-state index contributed by atoms with van der Waals surface area (Å²) >= 11 is 1.47. The molecule has 0 radical (unpaired) electrons. The Morgan fingerprint density at radius 3 is 2.27 bits per heavy atom. The van der Waals surface area contributed by atoms with Crippen molar-refractivity contribution in [1.29, 1.82) is 0 Å². The van der Waals surface area contributed by atoms with Crippen LogP contribution in [0, 0.1) is 50.0 Å². The first kappa shape index (κ1) is 29.1. The van der Waals surface area contributed by atoms with Crippen molar-refractivity contribution in [2.24, 2.45) is 5.92 Å². The quantitative estimate of drug-likeness (QED) is 0.156. The number of hydrogen-bond donors (Lipinski definition) is 3. The lowest BCUT2D eigenvalue weighted by molar-refractivity contribution is 0.0197. The molecule has 41 heavy (non-hydrogen) atoms. The zero-order valence-electron chi connectivity index (χ0n) is 23.7. The molecule has 0 amide bonds. The molecule has 5 rings (SSSR count). The molecule has 3 atom stereocenters. The highest BCUT2D eigenvalue weighted by Gasteiger charge is 2.35. The Morgan fingerprint density at radius 1 is 0.976 bits per heavy atom. The molecule has 7 nitrogen and oxygen atoms in total. The summed E-state index contributed by atoms with van der Waals surface area (Å²) in [5, 5.41) is 17.5. The van der Waals surface area contributed by atoms with Crippen LogP contribution in [0.5, 0.6) is 0 Å². The molecule has 1 aliphatic rings. The number of rotatable bonds is 7. The molecule has 3 heterocycles. The number of hydrogen-bond acceptors (Lipinski definition) is 8. The second kappa shape index (κ2) is 10.8. The van der Waals surface area contributed by atoms with Crippen LogP contribution >= 0.6 is 11.3 Å². The van der Waals surface area contributed by atoms with E-state index in [2.05, 4.69) is 25.6 Å². The molecule has 1 aliphatic carbocycles. The third-order valence-corrected chi connectivity index (χ3v) is 8.90. The molecule has 0 saturated heterocycles. The number of aryl methyl sites for hydroxylation is 2.